The highest BCUT2D eigenvalue weighted by molar-refractivity contribution is 6.29. The van der Waals surface area contributed by atoms with Crippen molar-refractivity contribution in [1.82, 2.24) is 10.4 Å². The molecule has 7 heteroatoms. The summed E-state index contributed by atoms with van der Waals surface area (Å²) in [6, 6.07) is 21.7. The summed E-state index contributed by atoms with van der Waals surface area (Å²) in [4.78, 5) is 27.8. The zero-order valence-corrected chi connectivity index (χ0v) is 15.5. The fraction of sp³-hybridized carbons (Fsp3) is 0.0476. The Morgan fingerprint density at radius 2 is 1.54 bits per heavy atom. The van der Waals surface area contributed by atoms with Gasteiger partial charge in [0.15, 0.2) is 6.61 Å². The van der Waals surface area contributed by atoms with Crippen molar-refractivity contribution in [3.05, 3.63) is 101 Å². The van der Waals surface area contributed by atoms with Crippen molar-refractivity contribution in [3.63, 3.8) is 0 Å². The van der Waals surface area contributed by atoms with E-state index in [1.54, 1.807) is 0 Å². The quantitative estimate of drug-likeness (QED) is 0.301. The standard InChI is InChI=1S/C21H16ClN3O3/c22-18-13-17(11-12-23-18)21(27)28-14-19(26)24-25-20(15-7-3-1-4-8-15)16-9-5-2-6-10-16/h1-13H,14H2,(H,24,26). The van der Waals surface area contributed by atoms with Gasteiger partial charge >= 0.3 is 5.97 Å². The van der Waals surface area contributed by atoms with E-state index in [1.165, 1.54) is 18.3 Å². The van der Waals surface area contributed by atoms with Gasteiger partial charge < -0.3 is 4.74 Å². The number of halogens is 1. The number of hydrogen-bond donors (Lipinski definition) is 1. The maximum Gasteiger partial charge on any atom is 0.338 e. The molecular weight excluding hydrogens is 378 g/mol. The van der Waals surface area contributed by atoms with Crippen molar-refractivity contribution in [3.8, 4) is 0 Å². The Morgan fingerprint density at radius 1 is 0.929 bits per heavy atom. The van der Waals surface area contributed by atoms with Gasteiger partial charge in [-0.25, -0.2) is 15.2 Å². The molecule has 0 fully saturated rings. The molecule has 1 amide bonds. The molecule has 1 aromatic heterocycles. The van der Waals surface area contributed by atoms with Gasteiger partial charge in [-0.15, -0.1) is 0 Å². The summed E-state index contributed by atoms with van der Waals surface area (Å²) in [6.07, 6.45) is 1.38. The van der Waals surface area contributed by atoms with E-state index in [1.807, 2.05) is 60.7 Å². The second kappa shape index (κ2) is 9.43. The number of rotatable bonds is 6. The van der Waals surface area contributed by atoms with Gasteiger partial charge in [-0.2, -0.15) is 5.10 Å². The minimum absolute atomic E-state index is 0.166. The van der Waals surface area contributed by atoms with Crippen LogP contribution in [-0.4, -0.2) is 29.2 Å². The Labute approximate surface area is 166 Å². The number of esters is 1. The summed E-state index contributed by atoms with van der Waals surface area (Å²) in [5, 5.41) is 4.39. The number of hydrazone groups is 1. The van der Waals surface area contributed by atoms with E-state index in [2.05, 4.69) is 15.5 Å². The molecule has 28 heavy (non-hydrogen) atoms. The predicted octanol–water partition coefficient (Wildman–Crippen LogP) is 3.46. The highest BCUT2D eigenvalue weighted by atomic mass is 35.5. The minimum Gasteiger partial charge on any atom is -0.452 e. The SMILES string of the molecule is O=C(COC(=O)c1ccnc(Cl)c1)NN=C(c1ccccc1)c1ccccc1. The molecular formula is C21H16ClN3O3. The lowest BCUT2D eigenvalue weighted by atomic mass is 10.0. The van der Waals surface area contributed by atoms with Crippen molar-refractivity contribution >= 4 is 29.2 Å². The lowest BCUT2D eigenvalue weighted by molar-refractivity contribution is -0.124. The van der Waals surface area contributed by atoms with Crippen molar-refractivity contribution in [2.24, 2.45) is 5.10 Å². The molecule has 0 spiro atoms. The summed E-state index contributed by atoms with van der Waals surface area (Å²) in [5.74, 6) is -1.23. The third kappa shape index (κ3) is 5.25. The number of aromatic nitrogens is 1. The molecule has 0 atom stereocenters. The van der Waals surface area contributed by atoms with Gasteiger partial charge in [-0.3, -0.25) is 4.79 Å². The van der Waals surface area contributed by atoms with E-state index < -0.39 is 18.5 Å². The third-order valence-electron chi connectivity index (χ3n) is 3.68. The number of nitrogens with one attached hydrogen (secondary N) is 1. The lowest BCUT2D eigenvalue weighted by Gasteiger charge is -2.08. The second-order valence-electron chi connectivity index (χ2n) is 5.67. The van der Waals surface area contributed by atoms with Crippen LogP contribution in [0.3, 0.4) is 0 Å². The van der Waals surface area contributed by atoms with Crippen LogP contribution in [0.4, 0.5) is 0 Å². The predicted molar refractivity (Wildman–Crippen MR) is 106 cm³/mol. The molecule has 3 aromatic rings. The maximum absolute atomic E-state index is 12.1. The first-order valence-electron chi connectivity index (χ1n) is 8.39. The number of benzene rings is 2. The van der Waals surface area contributed by atoms with Crippen LogP contribution in [0, 0.1) is 0 Å². The smallest absolute Gasteiger partial charge is 0.338 e. The first kappa shape index (κ1) is 19.3. The molecule has 2 aromatic carbocycles. The summed E-state index contributed by atoms with van der Waals surface area (Å²) >= 11 is 5.74. The Hall–Kier alpha value is -3.51. The van der Waals surface area contributed by atoms with Gasteiger partial charge in [0.1, 0.15) is 5.15 Å². The second-order valence-corrected chi connectivity index (χ2v) is 6.06. The number of ether oxygens (including phenoxy) is 1. The van der Waals surface area contributed by atoms with Crippen LogP contribution in [0.1, 0.15) is 21.5 Å². The topological polar surface area (TPSA) is 80.7 Å². The summed E-state index contributed by atoms with van der Waals surface area (Å²) in [7, 11) is 0. The molecule has 6 nitrogen and oxygen atoms in total. The van der Waals surface area contributed by atoms with Gasteiger partial charge in [0.25, 0.3) is 5.91 Å². The Balaban J connectivity index is 1.67. The molecule has 0 aliphatic heterocycles. The normalized spacial score (nSPS) is 10.0. The van der Waals surface area contributed by atoms with Crippen molar-refractivity contribution < 1.29 is 14.3 Å². The van der Waals surface area contributed by atoms with Gasteiger partial charge in [-0.1, -0.05) is 72.3 Å². The molecule has 0 aliphatic rings. The molecule has 3 rings (SSSR count). The van der Waals surface area contributed by atoms with E-state index in [0.717, 1.165) is 11.1 Å². The van der Waals surface area contributed by atoms with E-state index in [4.69, 9.17) is 16.3 Å². The molecule has 0 saturated carbocycles. The number of hydrogen-bond acceptors (Lipinski definition) is 5. The summed E-state index contributed by atoms with van der Waals surface area (Å²) in [6.45, 7) is -0.473. The summed E-state index contributed by atoms with van der Waals surface area (Å²) in [5.41, 5.74) is 4.93. The highest BCUT2D eigenvalue weighted by Crippen LogP contribution is 2.11. The fourth-order valence-corrected chi connectivity index (χ4v) is 2.56. The molecule has 1 N–H and O–H groups in total. The average Bonchev–Trinajstić information content (AvgIpc) is 2.73. The largest absolute Gasteiger partial charge is 0.452 e. The van der Waals surface area contributed by atoms with Crippen molar-refractivity contribution in [1.29, 1.82) is 0 Å². The third-order valence-corrected chi connectivity index (χ3v) is 3.89. The van der Waals surface area contributed by atoms with Crippen LogP contribution in [-0.2, 0) is 9.53 Å². The zero-order chi connectivity index (χ0) is 19.8. The van der Waals surface area contributed by atoms with E-state index in [-0.39, 0.29) is 10.7 Å². The number of amides is 1. The number of pyridine rings is 1. The lowest BCUT2D eigenvalue weighted by Crippen LogP contribution is -2.26. The zero-order valence-electron chi connectivity index (χ0n) is 14.7. The first-order valence-corrected chi connectivity index (χ1v) is 8.77. The van der Waals surface area contributed by atoms with Crippen LogP contribution < -0.4 is 5.43 Å². The monoisotopic (exact) mass is 393 g/mol. The number of nitrogens with zero attached hydrogens (tertiary/aromatic N) is 2. The molecule has 0 radical (unpaired) electrons. The minimum atomic E-state index is -0.672. The van der Waals surface area contributed by atoms with Crippen LogP contribution >= 0.6 is 11.6 Å². The first-order chi connectivity index (χ1) is 13.6. The van der Waals surface area contributed by atoms with Crippen LogP contribution in [0.5, 0.6) is 0 Å². The molecule has 0 aliphatic carbocycles. The summed E-state index contributed by atoms with van der Waals surface area (Å²) < 4.78 is 4.98. The molecule has 0 bridgehead atoms. The van der Waals surface area contributed by atoms with E-state index >= 15 is 0 Å². The van der Waals surface area contributed by atoms with E-state index in [9.17, 15) is 9.59 Å². The van der Waals surface area contributed by atoms with Gasteiger partial charge in [0, 0.05) is 17.3 Å². The molecule has 0 unspecified atom stereocenters. The van der Waals surface area contributed by atoms with Crippen LogP contribution in [0.2, 0.25) is 5.15 Å². The Morgan fingerprint density at radius 3 is 2.11 bits per heavy atom. The van der Waals surface area contributed by atoms with Gasteiger partial charge in [0.2, 0.25) is 0 Å². The van der Waals surface area contributed by atoms with Crippen LogP contribution in [0.25, 0.3) is 0 Å². The van der Waals surface area contributed by atoms with E-state index in [0.29, 0.717) is 5.71 Å². The number of carbonyl (C=O) groups excluding carboxylic acids is 2. The highest BCUT2D eigenvalue weighted by Gasteiger charge is 2.12. The Bertz CT molecular complexity index is 951. The Kier molecular flexibility index (Phi) is 6.49. The van der Waals surface area contributed by atoms with Gasteiger partial charge in [0.05, 0.1) is 11.3 Å². The van der Waals surface area contributed by atoms with Crippen molar-refractivity contribution in [2.45, 2.75) is 0 Å². The van der Waals surface area contributed by atoms with Crippen molar-refractivity contribution in [2.75, 3.05) is 6.61 Å². The fourth-order valence-electron chi connectivity index (χ4n) is 2.38. The molecule has 1 heterocycles. The van der Waals surface area contributed by atoms with Crippen LogP contribution in [0.15, 0.2) is 84.1 Å². The maximum atomic E-state index is 12.1. The average molecular weight is 394 g/mol. The number of carbonyl (C=O) groups is 2. The molecule has 0 saturated heterocycles. The van der Waals surface area contributed by atoms with Gasteiger partial charge in [-0.05, 0) is 12.1 Å². The molecule has 140 valence electrons.